The summed E-state index contributed by atoms with van der Waals surface area (Å²) < 4.78 is 1.05. The molecule has 0 aromatic heterocycles. The van der Waals surface area contributed by atoms with Gasteiger partial charge in [0.25, 0.3) is 0 Å². The Bertz CT molecular complexity index is 639. The second-order valence-electron chi connectivity index (χ2n) is 5.32. The first kappa shape index (κ1) is 13.7. The fourth-order valence-electron chi connectivity index (χ4n) is 2.90. The maximum atomic E-state index is 9.59. The average molecular weight is 332 g/mol. The summed E-state index contributed by atoms with van der Waals surface area (Å²) in [5.74, 6) is 0. The number of hydrogen-bond donors (Lipinski definition) is 1. The highest BCUT2D eigenvalue weighted by molar-refractivity contribution is 9.10. The summed E-state index contributed by atoms with van der Waals surface area (Å²) in [6.07, 6.45) is 2.28. The third-order valence-corrected chi connectivity index (χ3v) is 4.36. The molecule has 0 radical (unpaired) electrons. The molecular weight excluding hydrogens is 314 g/mol. The molecular formula is C17H18BrNO. The van der Waals surface area contributed by atoms with Crippen LogP contribution in [-0.4, -0.2) is 11.7 Å². The van der Waals surface area contributed by atoms with Crippen LogP contribution in [0.3, 0.4) is 0 Å². The number of fused-ring (bicyclic) bond motifs is 1. The minimum atomic E-state index is 0.0698. The first-order chi connectivity index (χ1) is 9.69. The molecule has 1 heterocycles. The number of aliphatic hydroxyl groups is 1. The molecule has 2 nitrogen and oxygen atoms in total. The van der Waals surface area contributed by atoms with E-state index in [0.717, 1.165) is 35.1 Å². The van der Waals surface area contributed by atoms with Crippen molar-refractivity contribution < 1.29 is 5.11 Å². The van der Waals surface area contributed by atoms with Gasteiger partial charge in [0.15, 0.2) is 0 Å². The molecule has 0 amide bonds. The standard InChI is InChI=1S/C17H18BrNO/c1-12-4-7-16-13(9-12)3-2-8-19(16)17-10-15(18)6-5-14(17)11-20/h4-7,9-10,20H,2-3,8,11H2,1H3. The van der Waals surface area contributed by atoms with Crippen LogP contribution in [0, 0.1) is 6.92 Å². The lowest BCUT2D eigenvalue weighted by molar-refractivity contribution is 0.282. The summed E-state index contributed by atoms with van der Waals surface area (Å²) in [4.78, 5) is 2.33. The second-order valence-corrected chi connectivity index (χ2v) is 6.23. The molecule has 2 aromatic rings. The molecule has 0 saturated heterocycles. The molecule has 0 bridgehead atoms. The molecule has 1 N–H and O–H groups in total. The van der Waals surface area contributed by atoms with Crippen molar-refractivity contribution in [2.75, 3.05) is 11.4 Å². The van der Waals surface area contributed by atoms with E-state index in [0.29, 0.717) is 0 Å². The van der Waals surface area contributed by atoms with Gasteiger partial charge in [-0.2, -0.15) is 0 Å². The lowest BCUT2D eigenvalue weighted by Crippen LogP contribution is -2.25. The molecule has 0 spiro atoms. The molecule has 0 unspecified atom stereocenters. The molecule has 0 fully saturated rings. The van der Waals surface area contributed by atoms with Crippen molar-refractivity contribution in [2.45, 2.75) is 26.4 Å². The maximum absolute atomic E-state index is 9.59. The van der Waals surface area contributed by atoms with E-state index in [1.165, 1.54) is 16.8 Å². The maximum Gasteiger partial charge on any atom is 0.0702 e. The number of nitrogens with zero attached hydrogens (tertiary/aromatic N) is 1. The Labute approximate surface area is 128 Å². The van der Waals surface area contributed by atoms with E-state index in [4.69, 9.17) is 0 Å². The Kier molecular flexibility index (Phi) is 3.81. The van der Waals surface area contributed by atoms with Gasteiger partial charge in [-0.15, -0.1) is 0 Å². The normalized spacial score (nSPS) is 14.2. The van der Waals surface area contributed by atoms with Crippen LogP contribution >= 0.6 is 15.9 Å². The van der Waals surface area contributed by atoms with Gasteiger partial charge < -0.3 is 10.0 Å². The SMILES string of the molecule is Cc1ccc2c(c1)CCCN2c1cc(Br)ccc1CO. The fraction of sp³-hybridized carbons (Fsp3) is 0.294. The number of hydrogen-bond acceptors (Lipinski definition) is 2. The van der Waals surface area contributed by atoms with E-state index in [2.05, 4.69) is 52.0 Å². The van der Waals surface area contributed by atoms with Crippen LogP contribution in [0.1, 0.15) is 23.1 Å². The fourth-order valence-corrected chi connectivity index (χ4v) is 3.25. The molecule has 3 heteroatoms. The highest BCUT2D eigenvalue weighted by Gasteiger charge is 2.20. The van der Waals surface area contributed by atoms with E-state index in [-0.39, 0.29) is 6.61 Å². The van der Waals surface area contributed by atoms with Gasteiger partial charge in [0, 0.05) is 28.0 Å². The first-order valence-electron chi connectivity index (χ1n) is 6.95. The van der Waals surface area contributed by atoms with Crippen LogP contribution < -0.4 is 4.90 Å². The van der Waals surface area contributed by atoms with Gasteiger partial charge in [0.1, 0.15) is 0 Å². The zero-order chi connectivity index (χ0) is 14.1. The van der Waals surface area contributed by atoms with E-state index < -0.39 is 0 Å². The van der Waals surface area contributed by atoms with E-state index in [1.807, 2.05) is 12.1 Å². The van der Waals surface area contributed by atoms with Crippen LogP contribution in [0.5, 0.6) is 0 Å². The van der Waals surface area contributed by atoms with Crippen molar-refractivity contribution in [2.24, 2.45) is 0 Å². The van der Waals surface area contributed by atoms with Crippen molar-refractivity contribution in [1.82, 2.24) is 0 Å². The van der Waals surface area contributed by atoms with Gasteiger partial charge in [-0.05, 0) is 43.5 Å². The third-order valence-electron chi connectivity index (χ3n) is 3.86. The number of aliphatic hydroxyl groups excluding tert-OH is 1. The number of benzene rings is 2. The molecule has 0 saturated carbocycles. The van der Waals surface area contributed by atoms with E-state index in [9.17, 15) is 5.11 Å². The minimum absolute atomic E-state index is 0.0698. The zero-order valence-electron chi connectivity index (χ0n) is 11.6. The average Bonchev–Trinajstić information content (AvgIpc) is 2.46. The lowest BCUT2D eigenvalue weighted by atomic mass is 9.98. The van der Waals surface area contributed by atoms with Crippen LogP contribution in [0.2, 0.25) is 0 Å². The molecule has 2 aromatic carbocycles. The van der Waals surface area contributed by atoms with Crippen LogP contribution in [0.15, 0.2) is 40.9 Å². The Morgan fingerprint density at radius 3 is 2.80 bits per heavy atom. The number of rotatable bonds is 2. The number of halogens is 1. The number of aryl methyl sites for hydroxylation is 2. The van der Waals surface area contributed by atoms with Crippen LogP contribution in [0.4, 0.5) is 11.4 Å². The summed E-state index contributed by atoms with van der Waals surface area (Å²) in [7, 11) is 0. The quantitative estimate of drug-likeness (QED) is 0.885. The summed E-state index contributed by atoms with van der Waals surface area (Å²) in [5.41, 5.74) is 6.06. The van der Waals surface area contributed by atoms with Crippen molar-refractivity contribution in [1.29, 1.82) is 0 Å². The van der Waals surface area contributed by atoms with Crippen molar-refractivity contribution >= 4 is 27.3 Å². The van der Waals surface area contributed by atoms with Gasteiger partial charge in [0.2, 0.25) is 0 Å². The molecule has 0 atom stereocenters. The van der Waals surface area contributed by atoms with Crippen molar-refractivity contribution in [3.63, 3.8) is 0 Å². The Morgan fingerprint density at radius 2 is 2.00 bits per heavy atom. The topological polar surface area (TPSA) is 23.5 Å². The van der Waals surface area contributed by atoms with E-state index in [1.54, 1.807) is 0 Å². The Morgan fingerprint density at radius 1 is 1.15 bits per heavy atom. The van der Waals surface area contributed by atoms with Crippen LogP contribution in [-0.2, 0) is 13.0 Å². The van der Waals surface area contributed by atoms with Gasteiger partial charge in [-0.3, -0.25) is 0 Å². The summed E-state index contributed by atoms with van der Waals surface area (Å²) in [5, 5.41) is 9.59. The summed E-state index contributed by atoms with van der Waals surface area (Å²) in [6, 6.07) is 12.7. The second kappa shape index (κ2) is 5.58. The molecule has 0 aliphatic carbocycles. The molecule has 20 heavy (non-hydrogen) atoms. The van der Waals surface area contributed by atoms with Gasteiger partial charge in [-0.25, -0.2) is 0 Å². The molecule has 104 valence electrons. The minimum Gasteiger partial charge on any atom is -0.392 e. The molecule has 1 aliphatic heterocycles. The van der Waals surface area contributed by atoms with E-state index >= 15 is 0 Å². The Balaban J connectivity index is 2.11. The predicted octanol–water partition coefficient (Wildman–Crippen LogP) is 4.33. The summed E-state index contributed by atoms with van der Waals surface area (Å²) >= 11 is 3.54. The lowest BCUT2D eigenvalue weighted by Gasteiger charge is -2.33. The van der Waals surface area contributed by atoms with Crippen LogP contribution in [0.25, 0.3) is 0 Å². The largest absolute Gasteiger partial charge is 0.392 e. The van der Waals surface area contributed by atoms with Gasteiger partial charge >= 0.3 is 0 Å². The zero-order valence-corrected chi connectivity index (χ0v) is 13.2. The first-order valence-corrected chi connectivity index (χ1v) is 7.74. The highest BCUT2D eigenvalue weighted by atomic mass is 79.9. The predicted molar refractivity (Wildman–Crippen MR) is 86.6 cm³/mol. The third kappa shape index (κ3) is 2.48. The van der Waals surface area contributed by atoms with Gasteiger partial charge in [-0.1, -0.05) is 39.7 Å². The van der Waals surface area contributed by atoms with Crippen molar-refractivity contribution in [3.8, 4) is 0 Å². The molecule has 1 aliphatic rings. The smallest absolute Gasteiger partial charge is 0.0702 e. The molecule has 3 rings (SSSR count). The number of anilines is 2. The van der Waals surface area contributed by atoms with Crippen molar-refractivity contribution in [3.05, 3.63) is 57.6 Å². The highest BCUT2D eigenvalue weighted by Crippen LogP contribution is 2.37. The van der Waals surface area contributed by atoms with Gasteiger partial charge in [0.05, 0.1) is 6.61 Å². The summed E-state index contributed by atoms with van der Waals surface area (Å²) in [6.45, 7) is 3.21. The monoisotopic (exact) mass is 331 g/mol. The Hall–Kier alpha value is -1.32.